The molecule has 0 radical (unpaired) electrons. The maximum Gasteiger partial charge on any atom is 0.363 e. The third-order valence-corrected chi connectivity index (χ3v) is 4.70. The normalized spacial score (nSPS) is 14.5. The van der Waals surface area contributed by atoms with Crippen molar-refractivity contribution in [1.29, 1.82) is 0 Å². The summed E-state index contributed by atoms with van der Waals surface area (Å²) in [6.07, 6.45) is 1.87. The quantitative estimate of drug-likeness (QED) is 0.325. The maximum atomic E-state index is 12.4. The van der Waals surface area contributed by atoms with Crippen LogP contribution in [0.25, 0.3) is 16.8 Å². The van der Waals surface area contributed by atoms with E-state index in [1.165, 1.54) is 0 Å². The molecule has 0 N–H and O–H groups in total. The van der Waals surface area contributed by atoms with Gasteiger partial charge in [-0.2, -0.15) is 0 Å². The lowest BCUT2D eigenvalue weighted by Gasteiger charge is -2.10. The molecule has 0 bridgehead atoms. The molecule has 0 unspecified atom stereocenters. The zero-order valence-electron chi connectivity index (χ0n) is 17.3. The van der Waals surface area contributed by atoms with Crippen LogP contribution in [0.3, 0.4) is 0 Å². The van der Waals surface area contributed by atoms with Crippen molar-refractivity contribution in [2.24, 2.45) is 4.99 Å². The first-order valence-corrected chi connectivity index (χ1v) is 10.1. The van der Waals surface area contributed by atoms with Crippen LogP contribution in [0, 0.1) is 0 Å². The smallest absolute Gasteiger partial charge is 0.363 e. The van der Waals surface area contributed by atoms with E-state index in [1.54, 1.807) is 31.2 Å². The van der Waals surface area contributed by atoms with E-state index in [2.05, 4.69) is 4.99 Å². The summed E-state index contributed by atoms with van der Waals surface area (Å²) < 4.78 is 16.3. The zero-order valence-corrected chi connectivity index (χ0v) is 17.3. The molecule has 0 saturated heterocycles. The fraction of sp³-hybridized carbons (Fsp3) is 0.160. The van der Waals surface area contributed by atoms with Crippen LogP contribution >= 0.6 is 0 Å². The van der Waals surface area contributed by atoms with Crippen LogP contribution in [0.15, 0.2) is 71.4 Å². The van der Waals surface area contributed by atoms with Crippen molar-refractivity contribution >= 4 is 34.7 Å². The third-order valence-electron chi connectivity index (χ3n) is 4.70. The molecule has 0 fully saturated rings. The van der Waals surface area contributed by atoms with Gasteiger partial charge < -0.3 is 14.2 Å². The minimum Gasteiger partial charge on any atom is -0.490 e. The van der Waals surface area contributed by atoms with Crippen LogP contribution in [0.1, 0.15) is 31.4 Å². The van der Waals surface area contributed by atoms with Crippen LogP contribution in [0.2, 0.25) is 0 Å². The molecule has 0 saturated carbocycles. The van der Waals surface area contributed by atoms with Crippen molar-refractivity contribution < 1.29 is 23.8 Å². The summed E-state index contributed by atoms with van der Waals surface area (Å²) in [5.74, 6) is 0.146. The number of benzene rings is 3. The fourth-order valence-corrected chi connectivity index (χ4v) is 3.17. The van der Waals surface area contributed by atoms with Gasteiger partial charge in [-0.1, -0.05) is 43.3 Å². The number of nitrogens with zero attached hydrogens (tertiary/aromatic N) is 1. The second-order valence-corrected chi connectivity index (χ2v) is 6.86. The number of ether oxygens (including phenoxy) is 3. The Kier molecular flexibility index (Phi) is 5.80. The summed E-state index contributed by atoms with van der Waals surface area (Å²) in [4.78, 5) is 28.4. The highest BCUT2D eigenvalue weighted by atomic mass is 16.6. The van der Waals surface area contributed by atoms with Gasteiger partial charge >= 0.3 is 11.9 Å². The number of carbonyl (C=O) groups excluding carboxylic acids is 2. The molecule has 0 spiro atoms. The second kappa shape index (κ2) is 8.83. The summed E-state index contributed by atoms with van der Waals surface area (Å²) in [5, 5.41) is 2.13. The van der Waals surface area contributed by atoms with E-state index in [9.17, 15) is 9.59 Å². The van der Waals surface area contributed by atoms with Crippen LogP contribution in [0.4, 0.5) is 0 Å². The van der Waals surface area contributed by atoms with Crippen LogP contribution in [-0.4, -0.2) is 24.4 Å². The molecule has 0 aliphatic carbocycles. The molecule has 3 aromatic rings. The lowest BCUT2D eigenvalue weighted by Crippen LogP contribution is -2.07. The minimum atomic E-state index is -0.525. The van der Waals surface area contributed by atoms with Gasteiger partial charge in [0.2, 0.25) is 5.90 Å². The third kappa shape index (κ3) is 4.48. The number of hydrogen-bond donors (Lipinski definition) is 0. The molecule has 0 aromatic heterocycles. The molecule has 1 aliphatic heterocycles. The predicted octanol–water partition coefficient (Wildman–Crippen LogP) is 4.90. The molecule has 1 aliphatic rings. The topological polar surface area (TPSA) is 74.2 Å². The molecule has 156 valence electrons. The Balaban J connectivity index is 1.64. The summed E-state index contributed by atoms with van der Waals surface area (Å²) in [7, 11) is 0. The van der Waals surface area contributed by atoms with Gasteiger partial charge in [0, 0.05) is 12.0 Å². The SMILES string of the molecule is CCOc1cc(C=C2N=C(c3ccc4ccccc4c3)OC2=O)ccc1OC(=O)CC. The van der Waals surface area contributed by atoms with Crippen molar-refractivity contribution in [3.05, 3.63) is 77.5 Å². The predicted molar refractivity (Wildman–Crippen MR) is 118 cm³/mol. The Morgan fingerprint density at radius 1 is 1.00 bits per heavy atom. The highest BCUT2D eigenvalue weighted by Crippen LogP contribution is 2.30. The van der Waals surface area contributed by atoms with Gasteiger partial charge in [-0.3, -0.25) is 4.79 Å². The zero-order chi connectivity index (χ0) is 21.8. The van der Waals surface area contributed by atoms with Crippen molar-refractivity contribution in [2.45, 2.75) is 20.3 Å². The minimum absolute atomic E-state index is 0.184. The first kappa shape index (κ1) is 20.3. The van der Waals surface area contributed by atoms with E-state index in [-0.39, 0.29) is 24.0 Å². The van der Waals surface area contributed by atoms with Gasteiger partial charge in [0.25, 0.3) is 0 Å². The summed E-state index contributed by atoms with van der Waals surface area (Å²) in [5.41, 5.74) is 1.59. The lowest BCUT2D eigenvalue weighted by atomic mass is 10.1. The monoisotopic (exact) mass is 415 g/mol. The second-order valence-electron chi connectivity index (χ2n) is 6.86. The van der Waals surface area contributed by atoms with Gasteiger partial charge in [0.1, 0.15) is 0 Å². The molecular formula is C25H21NO5. The van der Waals surface area contributed by atoms with Crippen LogP contribution in [-0.2, 0) is 14.3 Å². The highest BCUT2D eigenvalue weighted by molar-refractivity contribution is 6.13. The number of esters is 2. The van der Waals surface area contributed by atoms with E-state index in [4.69, 9.17) is 14.2 Å². The van der Waals surface area contributed by atoms with E-state index < -0.39 is 5.97 Å². The first-order valence-electron chi connectivity index (χ1n) is 10.1. The number of aliphatic imine (C=N–C) groups is 1. The van der Waals surface area contributed by atoms with Gasteiger partial charge in [0.15, 0.2) is 17.2 Å². The Labute approximate surface area is 179 Å². The van der Waals surface area contributed by atoms with E-state index in [1.807, 2.05) is 49.4 Å². The average molecular weight is 415 g/mol. The highest BCUT2D eigenvalue weighted by Gasteiger charge is 2.24. The van der Waals surface area contributed by atoms with Crippen molar-refractivity contribution in [3.8, 4) is 11.5 Å². The summed E-state index contributed by atoms with van der Waals surface area (Å²) >= 11 is 0. The van der Waals surface area contributed by atoms with Gasteiger partial charge in [-0.25, -0.2) is 9.79 Å². The van der Waals surface area contributed by atoms with Crippen LogP contribution < -0.4 is 9.47 Å². The van der Waals surface area contributed by atoms with Gasteiger partial charge in [-0.05, 0) is 53.6 Å². The number of fused-ring (bicyclic) bond motifs is 1. The van der Waals surface area contributed by atoms with Crippen LogP contribution in [0.5, 0.6) is 11.5 Å². The Morgan fingerprint density at radius 3 is 2.58 bits per heavy atom. The van der Waals surface area contributed by atoms with Crippen molar-refractivity contribution in [2.75, 3.05) is 6.61 Å². The lowest BCUT2D eigenvalue weighted by molar-refractivity contribution is -0.134. The standard InChI is InChI=1S/C25H21NO5/c1-3-23(27)30-21-12-9-16(14-22(21)29-4-2)13-20-25(28)31-24(26-20)19-11-10-17-7-5-6-8-18(17)15-19/h5-15H,3-4H2,1-2H3. The molecule has 0 amide bonds. The number of cyclic esters (lactones) is 1. The Bertz CT molecular complexity index is 1230. The molecule has 6 nitrogen and oxygen atoms in total. The maximum absolute atomic E-state index is 12.4. The Morgan fingerprint density at radius 2 is 1.81 bits per heavy atom. The number of hydrogen-bond acceptors (Lipinski definition) is 6. The Hall–Kier alpha value is -3.93. The van der Waals surface area contributed by atoms with Crippen molar-refractivity contribution in [1.82, 2.24) is 0 Å². The van der Waals surface area contributed by atoms with Gasteiger partial charge in [-0.15, -0.1) is 0 Å². The van der Waals surface area contributed by atoms with Gasteiger partial charge in [0.05, 0.1) is 6.61 Å². The van der Waals surface area contributed by atoms with Crippen molar-refractivity contribution in [3.63, 3.8) is 0 Å². The number of carbonyl (C=O) groups is 2. The molecule has 1 heterocycles. The van der Waals surface area contributed by atoms with E-state index in [0.717, 1.165) is 16.3 Å². The molecule has 31 heavy (non-hydrogen) atoms. The summed E-state index contributed by atoms with van der Waals surface area (Å²) in [6.45, 7) is 3.96. The molecule has 3 aromatic carbocycles. The molecule has 4 rings (SSSR count). The largest absolute Gasteiger partial charge is 0.490 e. The molecule has 0 atom stereocenters. The number of rotatable bonds is 6. The fourth-order valence-electron chi connectivity index (χ4n) is 3.17. The van der Waals surface area contributed by atoms with E-state index >= 15 is 0 Å². The molecule has 6 heteroatoms. The molecular weight excluding hydrogens is 394 g/mol. The average Bonchev–Trinajstić information content (AvgIpc) is 3.15. The van der Waals surface area contributed by atoms with E-state index in [0.29, 0.717) is 23.7 Å². The summed E-state index contributed by atoms with van der Waals surface area (Å²) in [6, 6.07) is 18.8. The first-order chi connectivity index (χ1) is 15.1.